The van der Waals surface area contributed by atoms with Gasteiger partial charge in [-0.25, -0.2) is 9.78 Å². The second kappa shape index (κ2) is 7.95. The Morgan fingerprint density at radius 1 is 1.41 bits per heavy atom. The Morgan fingerprint density at radius 2 is 2.23 bits per heavy atom. The van der Waals surface area contributed by atoms with Crippen LogP contribution in [0.4, 0.5) is 5.13 Å². The number of carbonyl (C=O) groups is 2. The summed E-state index contributed by atoms with van der Waals surface area (Å²) in [6, 6.07) is 8.20. The van der Waals surface area contributed by atoms with Crippen molar-refractivity contribution in [3.8, 4) is 0 Å². The van der Waals surface area contributed by atoms with Gasteiger partial charge in [-0.15, -0.1) is 11.8 Å². The van der Waals surface area contributed by atoms with Crippen molar-refractivity contribution in [2.24, 2.45) is 0 Å². The summed E-state index contributed by atoms with van der Waals surface area (Å²) in [6.45, 7) is 2.04. The van der Waals surface area contributed by atoms with Crippen LogP contribution >= 0.6 is 23.1 Å². The SMILES string of the molecule is COC(=O)c1cnc(NC(=O)CSCc2cccc(C)c2)s1. The lowest BCUT2D eigenvalue weighted by molar-refractivity contribution is -0.113. The number of thioether (sulfide) groups is 1. The Balaban J connectivity index is 1.78. The second-order valence-electron chi connectivity index (χ2n) is 4.55. The quantitative estimate of drug-likeness (QED) is 0.821. The van der Waals surface area contributed by atoms with Crippen molar-refractivity contribution in [1.29, 1.82) is 0 Å². The molecule has 2 aromatic rings. The molecule has 0 fully saturated rings. The van der Waals surface area contributed by atoms with E-state index in [2.05, 4.69) is 21.1 Å². The first-order chi connectivity index (χ1) is 10.6. The zero-order chi connectivity index (χ0) is 15.9. The van der Waals surface area contributed by atoms with Gasteiger partial charge in [-0.05, 0) is 12.5 Å². The third-order valence-electron chi connectivity index (χ3n) is 2.72. The van der Waals surface area contributed by atoms with Gasteiger partial charge in [0.1, 0.15) is 4.88 Å². The molecule has 1 amide bonds. The Bertz CT molecular complexity index is 670. The van der Waals surface area contributed by atoms with E-state index in [-0.39, 0.29) is 5.91 Å². The minimum Gasteiger partial charge on any atom is -0.465 e. The van der Waals surface area contributed by atoms with E-state index in [1.807, 2.05) is 25.1 Å². The molecule has 1 aromatic carbocycles. The molecule has 0 saturated carbocycles. The molecule has 0 saturated heterocycles. The van der Waals surface area contributed by atoms with Crippen molar-refractivity contribution in [3.05, 3.63) is 46.5 Å². The molecule has 0 atom stereocenters. The Morgan fingerprint density at radius 3 is 2.95 bits per heavy atom. The maximum atomic E-state index is 11.8. The van der Waals surface area contributed by atoms with Crippen LogP contribution in [-0.4, -0.2) is 29.7 Å². The van der Waals surface area contributed by atoms with Crippen molar-refractivity contribution in [2.75, 3.05) is 18.2 Å². The molecule has 0 unspecified atom stereocenters. The van der Waals surface area contributed by atoms with Crippen molar-refractivity contribution < 1.29 is 14.3 Å². The zero-order valence-corrected chi connectivity index (χ0v) is 13.9. The molecular weight excluding hydrogens is 320 g/mol. The number of esters is 1. The van der Waals surface area contributed by atoms with E-state index in [0.717, 1.165) is 17.1 Å². The molecular formula is C15H16N2O3S2. The maximum Gasteiger partial charge on any atom is 0.349 e. The summed E-state index contributed by atoms with van der Waals surface area (Å²) in [5.74, 6) is 0.525. The summed E-state index contributed by atoms with van der Waals surface area (Å²) < 4.78 is 4.59. The van der Waals surface area contributed by atoms with Gasteiger partial charge in [0.25, 0.3) is 0 Å². The molecule has 0 aliphatic heterocycles. The lowest BCUT2D eigenvalue weighted by Crippen LogP contribution is -2.13. The topological polar surface area (TPSA) is 68.3 Å². The smallest absolute Gasteiger partial charge is 0.349 e. The standard InChI is InChI=1S/C15H16N2O3S2/c1-10-4-3-5-11(6-10)8-21-9-13(18)17-15-16-7-12(22-15)14(19)20-2/h3-7H,8-9H2,1-2H3,(H,16,17,18). The summed E-state index contributed by atoms with van der Waals surface area (Å²) in [5.41, 5.74) is 2.40. The van der Waals surface area contributed by atoms with E-state index in [9.17, 15) is 9.59 Å². The second-order valence-corrected chi connectivity index (χ2v) is 6.57. The van der Waals surface area contributed by atoms with Crippen LogP contribution in [0.25, 0.3) is 0 Å². The molecule has 7 heteroatoms. The number of nitrogens with zero attached hydrogens (tertiary/aromatic N) is 1. The van der Waals surface area contributed by atoms with Crippen LogP contribution in [0.3, 0.4) is 0 Å². The van der Waals surface area contributed by atoms with Crippen LogP contribution in [0.15, 0.2) is 30.5 Å². The van der Waals surface area contributed by atoms with E-state index in [0.29, 0.717) is 15.8 Å². The first-order valence-electron chi connectivity index (χ1n) is 6.56. The van der Waals surface area contributed by atoms with Crippen molar-refractivity contribution in [1.82, 2.24) is 4.98 Å². The number of benzene rings is 1. The first kappa shape index (κ1) is 16.5. The van der Waals surface area contributed by atoms with Crippen molar-refractivity contribution >= 4 is 40.1 Å². The molecule has 5 nitrogen and oxygen atoms in total. The van der Waals surface area contributed by atoms with Gasteiger partial charge in [-0.1, -0.05) is 41.2 Å². The predicted molar refractivity (Wildman–Crippen MR) is 89.4 cm³/mol. The summed E-state index contributed by atoms with van der Waals surface area (Å²) in [4.78, 5) is 27.5. The average Bonchev–Trinajstić information content (AvgIpc) is 2.95. The fourth-order valence-electron chi connectivity index (χ4n) is 1.75. The normalized spacial score (nSPS) is 10.3. The van der Waals surface area contributed by atoms with Gasteiger partial charge in [-0.3, -0.25) is 4.79 Å². The monoisotopic (exact) mass is 336 g/mol. The Labute approximate surface area is 137 Å². The fourth-order valence-corrected chi connectivity index (χ4v) is 3.27. The molecule has 0 bridgehead atoms. The number of thiazole rings is 1. The molecule has 1 aromatic heterocycles. The van der Waals surface area contributed by atoms with Gasteiger partial charge in [-0.2, -0.15) is 0 Å². The number of nitrogens with one attached hydrogen (secondary N) is 1. The number of amides is 1. The lowest BCUT2D eigenvalue weighted by atomic mass is 10.2. The number of aromatic nitrogens is 1. The number of anilines is 1. The predicted octanol–water partition coefficient (Wildman–Crippen LogP) is 3.11. The minimum absolute atomic E-state index is 0.136. The van der Waals surface area contributed by atoms with Crippen LogP contribution in [0.1, 0.15) is 20.8 Å². The summed E-state index contributed by atoms with van der Waals surface area (Å²) in [5, 5.41) is 3.08. The molecule has 116 valence electrons. The Kier molecular flexibility index (Phi) is 5.97. The van der Waals surface area contributed by atoms with Crippen molar-refractivity contribution in [2.45, 2.75) is 12.7 Å². The van der Waals surface area contributed by atoms with Crippen LogP contribution < -0.4 is 5.32 Å². The molecule has 1 N–H and O–H groups in total. The van der Waals surface area contributed by atoms with Crippen LogP contribution in [0.5, 0.6) is 0 Å². The average molecular weight is 336 g/mol. The molecule has 0 aliphatic carbocycles. The van der Waals surface area contributed by atoms with Gasteiger partial charge in [0, 0.05) is 5.75 Å². The first-order valence-corrected chi connectivity index (χ1v) is 8.53. The third-order valence-corrected chi connectivity index (χ3v) is 4.62. The summed E-state index contributed by atoms with van der Waals surface area (Å²) in [6.07, 6.45) is 1.39. The number of rotatable bonds is 6. The van der Waals surface area contributed by atoms with Gasteiger partial charge in [0.15, 0.2) is 5.13 Å². The molecule has 2 rings (SSSR count). The van der Waals surface area contributed by atoms with Gasteiger partial charge < -0.3 is 10.1 Å². The lowest BCUT2D eigenvalue weighted by Gasteiger charge is -2.03. The highest BCUT2D eigenvalue weighted by molar-refractivity contribution is 7.99. The van der Waals surface area contributed by atoms with E-state index >= 15 is 0 Å². The van der Waals surface area contributed by atoms with Gasteiger partial charge in [0.05, 0.1) is 19.1 Å². The number of hydrogen-bond donors (Lipinski definition) is 1. The highest BCUT2D eigenvalue weighted by Gasteiger charge is 2.12. The Hall–Kier alpha value is -1.86. The molecule has 0 radical (unpaired) electrons. The fraction of sp³-hybridized carbons (Fsp3) is 0.267. The molecule has 0 spiro atoms. The van der Waals surface area contributed by atoms with E-state index < -0.39 is 5.97 Å². The summed E-state index contributed by atoms with van der Waals surface area (Å²) in [7, 11) is 1.31. The van der Waals surface area contributed by atoms with Crippen molar-refractivity contribution in [3.63, 3.8) is 0 Å². The summed E-state index contributed by atoms with van der Waals surface area (Å²) >= 11 is 2.63. The van der Waals surface area contributed by atoms with Crippen LogP contribution in [-0.2, 0) is 15.3 Å². The highest BCUT2D eigenvalue weighted by Crippen LogP contribution is 2.19. The molecule has 0 aliphatic rings. The third kappa shape index (κ3) is 4.85. The number of ether oxygens (including phenoxy) is 1. The van der Waals surface area contributed by atoms with Crippen LogP contribution in [0.2, 0.25) is 0 Å². The van der Waals surface area contributed by atoms with E-state index in [4.69, 9.17) is 0 Å². The van der Waals surface area contributed by atoms with Crippen LogP contribution in [0, 0.1) is 6.92 Å². The number of hydrogen-bond acceptors (Lipinski definition) is 6. The number of aryl methyl sites for hydroxylation is 1. The largest absolute Gasteiger partial charge is 0.465 e. The highest BCUT2D eigenvalue weighted by atomic mass is 32.2. The maximum absolute atomic E-state index is 11.8. The zero-order valence-electron chi connectivity index (χ0n) is 12.3. The van der Waals surface area contributed by atoms with Gasteiger partial charge >= 0.3 is 5.97 Å². The van der Waals surface area contributed by atoms with E-state index in [1.54, 1.807) is 0 Å². The van der Waals surface area contributed by atoms with E-state index in [1.165, 1.54) is 36.2 Å². The number of carbonyl (C=O) groups excluding carboxylic acids is 2. The molecule has 22 heavy (non-hydrogen) atoms. The van der Waals surface area contributed by atoms with Gasteiger partial charge in [0.2, 0.25) is 5.91 Å². The minimum atomic E-state index is -0.452. The number of methoxy groups -OCH3 is 1. The molecule has 1 heterocycles.